The molecule has 0 aromatic heterocycles. The van der Waals surface area contributed by atoms with E-state index in [0.717, 1.165) is 10.7 Å². The second kappa shape index (κ2) is 6.88. The molecule has 1 saturated heterocycles. The molecule has 0 radical (unpaired) electrons. The van der Waals surface area contributed by atoms with E-state index in [1.165, 1.54) is 37.7 Å². The van der Waals surface area contributed by atoms with Crippen molar-refractivity contribution in [1.29, 1.82) is 0 Å². The number of hydrogen-bond donors (Lipinski definition) is 0. The van der Waals surface area contributed by atoms with Crippen molar-refractivity contribution in [2.45, 2.75) is 44.1 Å². The zero-order chi connectivity index (χ0) is 15.5. The van der Waals surface area contributed by atoms with Gasteiger partial charge in [0.2, 0.25) is 0 Å². The molecule has 1 saturated carbocycles. The van der Waals surface area contributed by atoms with Crippen LogP contribution in [0, 0.1) is 0 Å². The molecule has 0 spiro atoms. The highest BCUT2D eigenvalue weighted by molar-refractivity contribution is 6.31. The molecule has 2 aliphatic rings. The SMILES string of the molecule is COC[C@@H]1CN(c2ccc(C3CCCCC3)c(Cl)c2)C(=O)O1. The van der Waals surface area contributed by atoms with Gasteiger partial charge in [0.05, 0.1) is 13.2 Å². The Kier molecular flexibility index (Phi) is 4.89. The Morgan fingerprint density at radius 1 is 1.32 bits per heavy atom. The molecule has 1 aromatic carbocycles. The molecule has 1 aliphatic heterocycles. The molecule has 5 heteroatoms. The van der Waals surface area contributed by atoms with Crippen LogP contribution in [0.3, 0.4) is 0 Å². The number of hydrogen-bond acceptors (Lipinski definition) is 3. The van der Waals surface area contributed by atoms with Crippen molar-refractivity contribution in [2.75, 3.05) is 25.2 Å². The van der Waals surface area contributed by atoms with E-state index in [0.29, 0.717) is 19.1 Å². The number of nitrogens with zero attached hydrogens (tertiary/aromatic N) is 1. The Balaban J connectivity index is 1.75. The van der Waals surface area contributed by atoms with Crippen molar-refractivity contribution < 1.29 is 14.3 Å². The van der Waals surface area contributed by atoms with E-state index in [1.54, 1.807) is 12.0 Å². The number of halogens is 1. The lowest BCUT2D eigenvalue weighted by Crippen LogP contribution is -2.25. The predicted octanol–water partition coefficient (Wildman–Crippen LogP) is 4.36. The van der Waals surface area contributed by atoms with E-state index >= 15 is 0 Å². The van der Waals surface area contributed by atoms with Crippen LogP contribution in [-0.4, -0.2) is 32.5 Å². The Hall–Kier alpha value is -1.26. The minimum absolute atomic E-state index is 0.214. The number of ether oxygens (including phenoxy) is 2. The van der Waals surface area contributed by atoms with Gasteiger partial charge in [0.15, 0.2) is 0 Å². The lowest BCUT2D eigenvalue weighted by Gasteiger charge is -2.24. The molecule has 1 aromatic rings. The van der Waals surface area contributed by atoms with Crippen molar-refractivity contribution in [1.82, 2.24) is 0 Å². The Bertz CT molecular complexity index is 543. The van der Waals surface area contributed by atoms with Crippen molar-refractivity contribution in [3.05, 3.63) is 28.8 Å². The number of benzene rings is 1. The van der Waals surface area contributed by atoms with E-state index in [4.69, 9.17) is 21.1 Å². The zero-order valence-corrected chi connectivity index (χ0v) is 13.6. The molecule has 1 atom stereocenters. The molecule has 1 aliphatic carbocycles. The molecule has 1 amide bonds. The highest BCUT2D eigenvalue weighted by Gasteiger charge is 2.32. The molecular weight excluding hydrogens is 302 g/mol. The molecule has 0 N–H and O–H groups in total. The van der Waals surface area contributed by atoms with E-state index in [1.807, 2.05) is 12.1 Å². The summed E-state index contributed by atoms with van der Waals surface area (Å²) in [7, 11) is 1.60. The third-order valence-corrected chi connectivity index (χ3v) is 4.89. The van der Waals surface area contributed by atoms with Gasteiger partial charge in [-0.05, 0) is 36.5 Å². The summed E-state index contributed by atoms with van der Waals surface area (Å²) < 4.78 is 10.3. The molecular formula is C17H22ClNO3. The van der Waals surface area contributed by atoms with Gasteiger partial charge in [-0.1, -0.05) is 36.9 Å². The third-order valence-electron chi connectivity index (χ3n) is 4.57. The highest BCUT2D eigenvalue weighted by atomic mass is 35.5. The van der Waals surface area contributed by atoms with Gasteiger partial charge >= 0.3 is 6.09 Å². The summed E-state index contributed by atoms with van der Waals surface area (Å²) in [4.78, 5) is 13.6. The standard InChI is InChI=1S/C17H22ClNO3/c1-21-11-14-10-19(17(20)22-14)13-7-8-15(16(18)9-13)12-5-3-2-4-6-12/h7-9,12,14H,2-6,10-11H2,1H3/t14-/m0/s1. The highest BCUT2D eigenvalue weighted by Crippen LogP contribution is 2.38. The maximum atomic E-state index is 12.0. The van der Waals surface area contributed by atoms with Crippen LogP contribution >= 0.6 is 11.6 Å². The van der Waals surface area contributed by atoms with E-state index < -0.39 is 0 Å². The van der Waals surface area contributed by atoms with Crippen LogP contribution in [0.4, 0.5) is 10.5 Å². The first-order chi connectivity index (χ1) is 10.7. The van der Waals surface area contributed by atoms with Crippen LogP contribution in [0.5, 0.6) is 0 Å². The normalized spacial score (nSPS) is 22.9. The summed E-state index contributed by atoms with van der Waals surface area (Å²) in [6.45, 7) is 0.919. The molecule has 1 heterocycles. The minimum atomic E-state index is -0.330. The monoisotopic (exact) mass is 323 g/mol. The molecule has 120 valence electrons. The number of amides is 1. The topological polar surface area (TPSA) is 38.8 Å². The summed E-state index contributed by atoms with van der Waals surface area (Å²) in [6.07, 6.45) is 5.76. The van der Waals surface area contributed by atoms with Gasteiger partial charge in [-0.15, -0.1) is 0 Å². The number of cyclic esters (lactones) is 1. The summed E-state index contributed by atoms with van der Waals surface area (Å²) in [5.41, 5.74) is 2.01. The molecule has 2 fully saturated rings. The average Bonchev–Trinajstić information content (AvgIpc) is 2.89. The third kappa shape index (κ3) is 3.23. The van der Waals surface area contributed by atoms with Crippen molar-refractivity contribution in [3.8, 4) is 0 Å². The Morgan fingerprint density at radius 3 is 2.77 bits per heavy atom. The first kappa shape index (κ1) is 15.6. The Morgan fingerprint density at radius 2 is 2.09 bits per heavy atom. The lowest BCUT2D eigenvalue weighted by molar-refractivity contribution is 0.0718. The van der Waals surface area contributed by atoms with E-state index in [9.17, 15) is 4.79 Å². The van der Waals surface area contributed by atoms with Gasteiger partial charge in [0, 0.05) is 17.8 Å². The number of anilines is 1. The fourth-order valence-electron chi connectivity index (χ4n) is 3.43. The summed E-state index contributed by atoms with van der Waals surface area (Å²) in [5.74, 6) is 0.557. The quantitative estimate of drug-likeness (QED) is 0.826. The Labute approximate surface area is 136 Å². The van der Waals surface area contributed by atoms with E-state index in [-0.39, 0.29) is 12.2 Å². The van der Waals surface area contributed by atoms with Gasteiger partial charge < -0.3 is 9.47 Å². The van der Waals surface area contributed by atoms with Crippen LogP contribution in [-0.2, 0) is 9.47 Å². The smallest absolute Gasteiger partial charge is 0.414 e. The van der Waals surface area contributed by atoms with Gasteiger partial charge in [0.1, 0.15) is 6.10 Å². The zero-order valence-electron chi connectivity index (χ0n) is 12.9. The van der Waals surface area contributed by atoms with Crippen LogP contribution in [0.1, 0.15) is 43.6 Å². The first-order valence-electron chi connectivity index (χ1n) is 7.95. The van der Waals surface area contributed by atoms with E-state index in [2.05, 4.69) is 6.07 Å². The average molecular weight is 324 g/mol. The predicted molar refractivity (Wildman–Crippen MR) is 86.8 cm³/mol. The fraction of sp³-hybridized carbons (Fsp3) is 0.588. The maximum Gasteiger partial charge on any atom is 0.414 e. The molecule has 22 heavy (non-hydrogen) atoms. The lowest BCUT2D eigenvalue weighted by atomic mass is 9.84. The number of carbonyl (C=O) groups excluding carboxylic acids is 1. The summed E-state index contributed by atoms with van der Waals surface area (Å²) >= 11 is 6.48. The van der Waals surface area contributed by atoms with Gasteiger partial charge in [0.25, 0.3) is 0 Å². The molecule has 0 bridgehead atoms. The molecule has 4 nitrogen and oxygen atoms in total. The first-order valence-corrected chi connectivity index (χ1v) is 8.33. The molecule has 0 unspecified atom stereocenters. The second-order valence-electron chi connectivity index (χ2n) is 6.11. The fourth-order valence-corrected chi connectivity index (χ4v) is 3.76. The largest absolute Gasteiger partial charge is 0.441 e. The summed E-state index contributed by atoms with van der Waals surface area (Å²) in [6, 6.07) is 5.94. The maximum absolute atomic E-state index is 12.0. The number of carbonyl (C=O) groups is 1. The van der Waals surface area contributed by atoms with Crippen molar-refractivity contribution >= 4 is 23.4 Å². The van der Waals surface area contributed by atoms with Crippen molar-refractivity contribution in [3.63, 3.8) is 0 Å². The van der Waals surface area contributed by atoms with Crippen LogP contribution in [0.25, 0.3) is 0 Å². The number of rotatable bonds is 4. The van der Waals surface area contributed by atoms with Crippen LogP contribution in [0.15, 0.2) is 18.2 Å². The van der Waals surface area contributed by atoms with Gasteiger partial charge in [-0.25, -0.2) is 4.79 Å². The van der Waals surface area contributed by atoms with Gasteiger partial charge in [-0.2, -0.15) is 0 Å². The van der Waals surface area contributed by atoms with Crippen LogP contribution in [0.2, 0.25) is 5.02 Å². The minimum Gasteiger partial charge on any atom is -0.441 e. The number of methoxy groups -OCH3 is 1. The van der Waals surface area contributed by atoms with Gasteiger partial charge in [-0.3, -0.25) is 4.90 Å². The molecule has 3 rings (SSSR count). The second-order valence-corrected chi connectivity index (χ2v) is 6.52. The van der Waals surface area contributed by atoms with Crippen LogP contribution < -0.4 is 4.90 Å². The van der Waals surface area contributed by atoms with Crippen molar-refractivity contribution in [2.24, 2.45) is 0 Å². The summed E-state index contributed by atoms with van der Waals surface area (Å²) in [5, 5.41) is 0.757.